The molecule has 2 N–H and O–H groups in total. The van der Waals surface area contributed by atoms with E-state index in [4.69, 9.17) is 10.5 Å². The average Bonchev–Trinajstić information content (AvgIpc) is 2.15. The van der Waals surface area contributed by atoms with Gasteiger partial charge in [-0.25, -0.2) is 0 Å². The van der Waals surface area contributed by atoms with E-state index in [-0.39, 0.29) is 0 Å². The molecular weight excluding hydrogens is 186 g/mol. The summed E-state index contributed by atoms with van der Waals surface area (Å²) in [7, 11) is 0. The van der Waals surface area contributed by atoms with Crippen LogP contribution in [0.2, 0.25) is 0 Å². The summed E-state index contributed by atoms with van der Waals surface area (Å²) in [5, 5.41) is 0. The highest BCUT2D eigenvalue weighted by atomic mass is 16.5. The maximum Gasteiger partial charge on any atom is 0.0588 e. The van der Waals surface area contributed by atoms with Gasteiger partial charge in [0, 0.05) is 6.54 Å². The maximum atomic E-state index is 5.74. The molecule has 4 rings (SSSR count). The smallest absolute Gasteiger partial charge is 0.0588 e. The lowest BCUT2D eigenvalue weighted by Crippen LogP contribution is -2.48. The molecule has 4 aliphatic rings. The summed E-state index contributed by atoms with van der Waals surface area (Å²) in [4.78, 5) is 0. The second-order valence-electron chi connectivity index (χ2n) is 6.26. The van der Waals surface area contributed by atoms with E-state index in [1.54, 1.807) is 0 Å². The van der Waals surface area contributed by atoms with E-state index >= 15 is 0 Å². The molecule has 0 atom stereocenters. The SMILES string of the molecule is NCCOCC12CC3CC(CC(C3)C1)C2. The van der Waals surface area contributed by atoms with Crippen LogP contribution in [0.15, 0.2) is 0 Å². The fourth-order valence-corrected chi connectivity index (χ4v) is 4.84. The fourth-order valence-electron chi connectivity index (χ4n) is 4.84. The molecule has 4 fully saturated rings. The van der Waals surface area contributed by atoms with Gasteiger partial charge in [-0.3, -0.25) is 0 Å². The van der Waals surface area contributed by atoms with Crippen LogP contribution in [0.1, 0.15) is 38.5 Å². The first-order valence-electron chi connectivity index (χ1n) is 6.57. The van der Waals surface area contributed by atoms with Gasteiger partial charge < -0.3 is 10.5 Å². The van der Waals surface area contributed by atoms with E-state index in [0.717, 1.165) is 31.0 Å². The minimum atomic E-state index is 0.573. The number of hydrogen-bond acceptors (Lipinski definition) is 2. The maximum absolute atomic E-state index is 5.74. The normalized spacial score (nSPS) is 47.4. The molecule has 4 aliphatic carbocycles. The van der Waals surface area contributed by atoms with Crippen LogP contribution in [0, 0.1) is 23.2 Å². The highest BCUT2D eigenvalue weighted by molar-refractivity contribution is 5.01. The van der Waals surface area contributed by atoms with E-state index in [9.17, 15) is 0 Å². The van der Waals surface area contributed by atoms with Crippen LogP contribution in [0.25, 0.3) is 0 Å². The molecule has 15 heavy (non-hydrogen) atoms. The molecule has 0 spiro atoms. The van der Waals surface area contributed by atoms with Gasteiger partial charge in [0.2, 0.25) is 0 Å². The van der Waals surface area contributed by atoms with Gasteiger partial charge in [0.05, 0.1) is 13.2 Å². The van der Waals surface area contributed by atoms with Crippen molar-refractivity contribution >= 4 is 0 Å². The predicted octanol–water partition coefficient (Wildman–Crippen LogP) is 2.18. The van der Waals surface area contributed by atoms with Gasteiger partial charge in [0.25, 0.3) is 0 Å². The van der Waals surface area contributed by atoms with Gasteiger partial charge in [-0.1, -0.05) is 0 Å². The third kappa shape index (κ3) is 1.83. The van der Waals surface area contributed by atoms with Crippen molar-refractivity contribution in [1.82, 2.24) is 0 Å². The third-order valence-corrected chi connectivity index (χ3v) is 4.84. The molecule has 4 saturated carbocycles. The van der Waals surface area contributed by atoms with Gasteiger partial charge >= 0.3 is 0 Å². The minimum absolute atomic E-state index is 0.573. The molecule has 0 aromatic carbocycles. The average molecular weight is 209 g/mol. The van der Waals surface area contributed by atoms with Gasteiger partial charge in [-0.2, -0.15) is 0 Å². The fraction of sp³-hybridized carbons (Fsp3) is 1.00. The summed E-state index contributed by atoms with van der Waals surface area (Å²) < 4.78 is 5.74. The van der Waals surface area contributed by atoms with Gasteiger partial charge in [-0.15, -0.1) is 0 Å². The van der Waals surface area contributed by atoms with Crippen LogP contribution in [-0.2, 0) is 4.74 Å². The van der Waals surface area contributed by atoms with Crippen molar-refractivity contribution in [2.24, 2.45) is 28.9 Å². The van der Waals surface area contributed by atoms with E-state index < -0.39 is 0 Å². The number of ether oxygens (including phenoxy) is 1. The molecular formula is C13H23NO. The van der Waals surface area contributed by atoms with Crippen molar-refractivity contribution in [1.29, 1.82) is 0 Å². The van der Waals surface area contributed by atoms with E-state index in [0.29, 0.717) is 12.0 Å². The largest absolute Gasteiger partial charge is 0.380 e. The number of nitrogens with two attached hydrogens (primary N) is 1. The van der Waals surface area contributed by atoms with Crippen LogP contribution in [0.4, 0.5) is 0 Å². The van der Waals surface area contributed by atoms with E-state index in [1.807, 2.05) is 0 Å². The predicted molar refractivity (Wildman–Crippen MR) is 60.5 cm³/mol. The molecule has 0 amide bonds. The first kappa shape index (κ1) is 10.1. The molecule has 4 bridgehead atoms. The van der Waals surface area contributed by atoms with Crippen molar-refractivity contribution in [3.8, 4) is 0 Å². The van der Waals surface area contributed by atoms with Crippen LogP contribution in [0.5, 0.6) is 0 Å². The first-order valence-corrected chi connectivity index (χ1v) is 6.57. The quantitative estimate of drug-likeness (QED) is 0.720. The third-order valence-electron chi connectivity index (χ3n) is 4.84. The second-order valence-corrected chi connectivity index (χ2v) is 6.26. The van der Waals surface area contributed by atoms with Crippen LogP contribution < -0.4 is 5.73 Å². The van der Waals surface area contributed by atoms with Crippen LogP contribution >= 0.6 is 0 Å². The van der Waals surface area contributed by atoms with Gasteiger partial charge in [-0.05, 0) is 61.7 Å². The molecule has 0 radical (unpaired) electrons. The topological polar surface area (TPSA) is 35.2 Å². The Bertz CT molecular complexity index is 203. The van der Waals surface area contributed by atoms with Crippen molar-refractivity contribution in [2.45, 2.75) is 38.5 Å². The van der Waals surface area contributed by atoms with E-state index in [1.165, 1.54) is 38.5 Å². The Hall–Kier alpha value is -0.0800. The Kier molecular flexibility index (Phi) is 2.52. The summed E-state index contributed by atoms with van der Waals surface area (Å²) in [6.07, 6.45) is 8.92. The minimum Gasteiger partial charge on any atom is -0.380 e. The number of hydrogen-bond donors (Lipinski definition) is 1. The highest BCUT2D eigenvalue weighted by Crippen LogP contribution is 2.59. The van der Waals surface area contributed by atoms with E-state index in [2.05, 4.69) is 0 Å². The molecule has 2 nitrogen and oxygen atoms in total. The van der Waals surface area contributed by atoms with Crippen molar-refractivity contribution in [3.63, 3.8) is 0 Å². The highest BCUT2D eigenvalue weighted by Gasteiger charge is 2.50. The lowest BCUT2D eigenvalue weighted by Gasteiger charge is -2.56. The zero-order valence-corrected chi connectivity index (χ0v) is 9.58. The zero-order valence-electron chi connectivity index (χ0n) is 9.58. The lowest BCUT2D eigenvalue weighted by atomic mass is 9.50. The molecule has 2 heteroatoms. The van der Waals surface area contributed by atoms with Crippen molar-refractivity contribution < 1.29 is 4.74 Å². The standard InChI is InChI=1S/C13H23NO/c14-1-2-15-9-13-6-10-3-11(7-13)5-12(4-10)8-13/h10-12H,1-9,14H2. The van der Waals surface area contributed by atoms with Gasteiger partial charge in [0.15, 0.2) is 0 Å². The van der Waals surface area contributed by atoms with Crippen LogP contribution in [-0.4, -0.2) is 19.8 Å². The molecule has 0 aliphatic heterocycles. The Labute approximate surface area is 92.6 Å². The molecule has 86 valence electrons. The monoisotopic (exact) mass is 209 g/mol. The second kappa shape index (κ2) is 3.74. The summed E-state index contributed by atoms with van der Waals surface area (Å²) >= 11 is 0. The Morgan fingerprint density at radius 1 is 1.00 bits per heavy atom. The molecule has 0 aromatic rings. The molecule has 0 saturated heterocycles. The summed E-state index contributed by atoms with van der Waals surface area (Å²) in [6, 6.07) is 0. The van der Waals surface area contributed by atoms with Crippen molar-refractivity contribution in [3.05, 3.63) is 0 Å². The first-order chi connectivity index (χ1) is 7.30. The summed E-state index contributed by atoms with van der Waals surface area (Å²) in [6.45, 7) is 2.42. The molecule has 0 aromatic heterocycles. The Balaban J connectivity index is 1.65. The number of rotatable bonds is 4. The molecule has 0 heterocycles. The van der Waals surface area contributed by atoms with Gasteiger partial charge in [0.1, 0.15) is 0 Å². The zero-order chi connectivity index (χ0) is 10.3. The van der Waals surface area contributed by atoms with Crippen molar-refractivity contribution in [2.75, 3.05) is 19.8 Å². The summed E-state index contributed by atoms with van der Waals surface area (Å²) in [5.74, 6) is 3.12. The lowest BCUT2D eigenvalue weighted by molar-refractivity contribution is -0.0952. The summed E-state index contributed by atoms with van der Waals surface area (Å²) in [5.41, 5.74) is 6.05. The van der Waals surface area contributed by atoms with Crippen LogP contribution in [0.3, 0.4) is 0 Å². The Morgan fingerprint density at radius 3 is 2.00 bits per heavy atom. The molecule has 0 unspecified atom stereocenters. The Morgan fingerprint density at radius 2 is 1.53 bits per heavy atom.